The molecule has 1 aromatic rings. The number of halogens is 1. The zero-order valence-corrected chi connectivity index (χ0v) is 12.0. The van der Waals surface area contributed by atoms with Crippen molar-refractivity contribution >= 4 is 15.7 Å². The number of nitrogens with two attached hydrogens (primary N) is 1. The van der Waals surface area contributed by atoms with Crippen molar-refractivity contribution < 1.29 is 12.8 Å². The van der Waals surface area contributed by atoms with Crippen LogP contribution in [0.2, 0.25) is 0 Å². The second kappa shape index (κ2) is 4.76. The van der Waals surface area contributed by atoms with Gasteiger partial charge in [0.15, 0.2) is 0 Å². The maximum atomic E-state index is 13.2. The average molecular weight is 286 g/mol. The largest absolute Gasteiger partial charge is 0.398 e. The molecule has 0 radical (unpaired) electrons. The van der Waals surface area contributed by atoms with Crippen molar-refractivity contribution in [2.75, 3.05) is 18.8 Å². The van der Waals surface area contributed by atoms with Crippen LogP contribution in [0.5, 0.6) is 0 Å². The maximum Gasteiger partial charge on any atom is 0.245 e. The molecule has 1 fully saturated rings. The molecule has 0 bridgehead atoms. The molecule has 1 aliphatic heterocycles. The summed E-state index contributed by atoms with van der Waals surface area (Å²) in [6, 6.07) is 3.44. The molecule has 1 aromatic carbocycles. The zero-order chi connectivity index (χ0) is 14.3. The molecule has 4 nitrogen and oxygen atoms in total. The third-order valence-electron chi connectivity index (χ3n) is 3.67. The lowest BCUT2D eigenvalue weighted by molar-refractivity contribution is 0.196. The van der Waals surface area contributed by atoms with Crippen LogP contribution in [-0.2, 0) is 10.0 Å². The maximum absolute atomic E-state index is 13.2. The van der Waals surface area contributed by atoms with Gasteiger partial charge in [-0.05, 0) is 36.5 Å². The fourth-order valence-corrected chi connectivity index (χ4v) is 3.77. The lowest BCUT2D eigenvalue weighted by Gasteiger charge is -2.36. The molecule has 1 heterocycles. The van der Waals surface area contributed by atoms with E-state index in [9.17, 15) is 12.8 Å². The molecule has 0 amide bonds. The number of sulfonamides is 1. The van der Waals surface area contributed by atoms with Crippen LogP contribution >= 0.6 is 0 Å². The monoisotopic (exact) mass is 286 g/mol. The van der Waals surface area contributed by atoms with E-state index in [-0.39, 0.29) is 16.0 Å². The van der Waals surface area contributed by atoms with Gasteiger partial charge in [0.05, 0.1) is 5.69 Å². The van der Waals surface area contributed by atoms with E-state index in [0.29, 0.717) is 13.1 Å². The first-order chi connectivity index (χ1) is 8.72. The minimum atomic E-state index is -3.70. The Kier molecular flexibility index (Phi) is 3.57. The topological polar surface area (TPSA) is 63.4 Å². The van der Waals surface area contributed by atoms with Crippen molar-refractivity contribution in [1.82, 2.24) is 4.31 Å². The van der Waals surface area contributed by atoms with Gasteiger partial charge < -0.3 is 5.73 Å². The van der Waals surface area contributed by atoms with Crippen molar-refractivity contribution in [2.24, 2.45) is 5.41 Å². The molecule has 0 atom stereocenters. The van der Waals surface area contributed by atoms with E-state index < -0.39 is 15.8 Å². The van der Waals surface area contributed by atoms with E-state index >= 15 is 0 Å². The number of nitrogen functional groups attached to an aromatic ring is 1. The van der Waals surface area contributed by atoms with Gasteiger partial charge in [-0.2, -0.15) is 4.31 Å². The summed E-state index contributed by atoms with van der Waals surface area (Å²) in [7, 11) is -3.70. The van der Waals surface area contributed by atoms with Gasteiger partial charge in [-0.15, -0.1) is 0 Å². The normalized spacial score (nSPS) is 20.4. The lowest BCUT2D eigenvalue weighted by Crippen LogP contribution is -2.41. The van der Waals surface area contributed by atoms with Crippen LogP contribution in [0.25, 0.3) is 0 Å². The van der Waals surface area contributed by atoms with Crippen LogP contribution < -0.4 is 5.73 Å². The van der Waals surface area contributed by atoms with Crippen LogP contribution in [0.1, 0.15) is 26.7 Å². The highest BCUT2D eigenvalue weighted by atomic mass is 32.2. The third-order valence-corrected chi connectivity index (χ3v) is 5.62. The Morgan fingerprint density at radius 1 is 1.26 bits per heavy atom. The summed E-state index contributed by atoms with van der Waals surface area (Å²) >= 11 is 0. The molecule has 0 saturated carbocycles. The summed E-state index contributed by atoms with van der Waals surface area (Å²) in [4.78, 5) is -0.132. The van der Waals surface area contributed by atoms with Crippen LogP contribution in [0.3, 0.4) is 0 Å². The molecule has 19 heavy (non-hydrogen) atoms. The summed E-state index contributed by atoms with van der Waals surface area (Å²) in [6.45, 7) is 5.14. The van der Waals surface area contributed by atoms with Crippen LogP contribution in [0.15, 0.2) is 23.1 Å². The van der Waals surface area contributed by atoms with E-state index in [1.54, 1.807) is 0 Å². The van der Waals surface area contributed by atoms with E-state index in [1.165, 1.54) is 10.4 Å². The van der Waals surface area contributed by atoms with Gasteiger partial charge in [0.1, 0.15) is 10.7 Å². The number of rotatable bonds is 2. The van der Waals surface area contributed by atoms with Crippen molar-refractivity contribution in [3.63, 3.8) is 0 Å². The third kappa shape index (κ3) is 2.90. The summed E-state index contributed by atoms with van der Waals surface area (Å²) in [5, 5.41) is 0. The van der Waals surface area contributed by atoms with E-state index in [1.807, 2.05) is 0 Å². The number of benzene rings is 1. The molecule has 1 saturated heterocycles. The van der Waals surface area contributed by atoms with Gasteiger partial charge in [-0.1, -0.05) is 13.8 Å². The van der Waals surface area contributed by atoms with Crippen molar-refractivity contribution in [2.45, 2.75) is 31.6 Å². The minimum Gasteiger partial charge on any atom is -0.398 e. The number of nitrogens with zero attached hydrogens (tertiary/aromatic N) is 1. The number of anilines is 1. The average Bonchev–Trinajstić information content (AvgIpc) is 2.31. The number of hydrogen-bond acceptors (Lipinski definition) is 3. The Morgan fingerprint density at radius 2 is 1.84 bits per heavy atom. The first kappa shape index (κ1) is 14.3. The standard InChI is InChI=1S/C13H19FN2O2S/c1-13(2)5-7-16(8-6-13)19(17,18)12-9-10(14)3-4-11(12)15/h3-4,9H,5-8,15H2,1-2H3. The Labute approximate surface area is 113 Å². The molecular weight excluding hydrogens is 267 g/mol. The number of hydrogen-bond donors (Lipinski definition) is 1. The van der Waals surface area contributed by atoms with Gasteiger partial charge in [-0.25, -0.2) is 12.8 Å². The molecule has 2 N–H and O–H groups in total. The van der Waals surface area contributed by atoms with Crippen molar-refractivity contribution in [3.05, 3.63) is 24.0 Å². The number of piperidine rings is 1. The van der Waals surface area contributed by atoms with E-state index in [2.05, 4.69) is 13.8 Å². The quantitative estimate of drug-likeness (QED) is 0.848. The van der Waals surface area contributed by atoms with Crippen LogP contribution in [0.4, 0.5) is 10.1 Å². The first-order valence-corrected chi connectivity index (χ1v) is 7.72. The van der Waals surface area contributed by atoms with Gasteiger partial charge in [-0.3, -0.25) is 0 Å². The fraction of sp³-hybridized carbons (Fsp3) is 0.538. The van der Waals surface area contributed by atoms with E-state index in [0.717, 1.165) is 25.0 Å². The molecule has 6 heteroatoms. The smallest absolute Gasteiger partial charge is 0.245 e. The van der Waals surface area contributed by atoms with Crippen molar-refractivity contribution in [1.29, 1.82) is 0 Å². The van der Waals surface area contributed by atoms with Gasteiger partial charge >= 0.3 is 0 Å². The second-order valence-corrected chi connectivity index (χ2v) is 7.66. The molecule has 1 aliphatic rings. The lowest BCUT2D eigenvalue weighted by atomic mass is 9.83. The molecular formula is C13H19FN2O2S. The van der Waals surface area contributed by atoms with Gasteiger partial charge in [0.25, 0.3) is 0 Å². The predicted octanol–water partition coefficient (Wildman–Crippen LogP) is 2.22. The molecule has 106 valence electrons. The zero-order valence-electron chi connectivity index (χ0n) is 11.2. The van der Waals surface area contributed by atoms with Crippen LogP contribution in [0, 0.1) is 11.2 Å². The summed E-state index contributed by atoms with van der Waals surface area (Å²) in [5.41, 5.74) is 5.90. The van der Waals surface area contributed by atoms with Crippen LogP contribution in [-0.4, -0.2) is 25.8 Å². The highest BCUT2D eigenvalue weighted by Gasteiger charge is 2.33. The fourth-order valence-electron chi connectivity index (χ4n) is 2.20. The summed E-state index contributed by atoms with van der Waals surface area (Å²) < 4.78 is 39.5. The molecule has 2 rings (SSSR count). The minimum absolute atomic E-state index is 0.0891. The highest BCUT2D eigenvalue weighted by molar-refractivity contribution is 7.89. The highest BCUT2D eigenvalue weighted by Crippen LogP contribution is 2.33. The van der Waals surface area contributed by atoms with E-state index in [4.69, 9.17) is 5.73 Å². The second-order valence-electron chi connectivity index (χ2n) is 5.75. The predicted molar refractivity (Wildman–Crippen MR) is 72.6 cm³/mol. The molecule has 0 aliphatic carbocycles. The summed E-state index contributed by atoms with van der Waals surface area (Å²) in [6.07, 6.45) is 1.59. The molecule has 0 unspecified atom stereocenters. The van der Waals surface area contributed by atoms with Gasteiger partial charge in [0.2, 0.25) is 10.0 Å². The summed E-state index contributed by atoms with van der Waals surface area (Å²) in [5.74, 6) is -0.592. The Bertz CT molecular complexity index is 574. The Balaban J connectivity index is 2.31. The Hall–Kier alpha value is -1.14. The molecule has 0 spiro atoms. The van der Waals surface area contributed by atoms with Crippen molar-refractivity contribution in [3.8, 4) is 0 Å². The SMILES string of the molecule is CC1(C)CCN(S(=O)(=O)c2cc(F)ccc2N)CC1. The van der Waals surface area contributed by atoms with Gasteiger partial charge in [0, 0.05) is 13.1 Å². The Morgan fingerprint density at radius 3 is 2.42 bits per heavy atom. The first-order valence-electron chi connectivity index (χ1n) is 6.28. The molecule has 0 aromatic heterocycles.